The molecule has 0 unspecified atom stereocenters. The fraction of sp³-hybridized carbons (Fsp3) is 0.368. The predicted octanol–water partition coefficient (Wildman–Crippen LogP) is 3.48. The number of pyridine rings is 1. The van der Waals surface area contributed by atoms with Gasteiger partial charge in [0, 0.05) is 32.4 Å². The first-order valence-corrected chi connectivity index (χ1v) is 8.79. The van der Waals surface area contributed by atoms with E-state index in [0.29, 0.717) is 16.4 Å². The smallest absolute Gasteiger partial charge is 0.255 e. The summed E-state index contributed by atoms with van der Waals surface area (Å²) in [5.74, 6) is 0.709. The highest BCUT2D eigenvalue weighted by Crippen LogP contribution is 2.29. The van der Waals surface area contributed by atoms with Gasteiger partial charge in [0.1, 0.15) is 5.82 Å². The lowest BCUT2D eigenvalue weighted by Gasteiger charge is -2.32. The summed E-state index contributed by atoms with van der Waals surface area (Å²) in [4.78, 5) is 21.0. The average molecular weight is 359 g/mol. The number of nitrogens with zero attached hydrogens (tertiary/aromatic N) is 3. The maximum Gasteiger partial charge on any atom is 0.255 e. The van der Waals surface area contributed by atoms with Crippen molar-refractivity contribution in [2.75, 3.05) is 38.5 Å². The van der Waals surface area contributed by atoms with Crippen molar-refractivity contribution in [1.29, 1.82) is 0 Å². The zero-order valence-electron chi connectivity index (χ0n) is 14.8. The molecule has 1 fully saturated rings. The number of hydrogen-bond donors (Lipinski definition) is 1. The molecule has 6 heteroatoms. The van der Waals surface area contributed by atoms with Crippen molar-refractivity contribution in [2.45, 2.75) is 13.8 Å². The van der Waals surface area contributed by atoms with E-state index in [1.54, 1.807) is 6.20 Å². The highest BCUT2D eigenvalue weighted by atomic mass is 35.5. The molecule has 2 heterocycles. The topological polar surface area (TPSA) is 48.5 Å². The lowest BCUT2D eigenvalue weighted by molar-refractivity contribution is 0.0663. The number of rotatable bonds is 3. The van der Waals surface area contributed by atoms with Gasteiger partial charge in [-0.1, -0.05) is 17.7 Å². The van der Waals surface area contributed by atoms with Gasteiger partial charge in [0.2, 0.25) is 0 Å². The number of piperazine rings is 1. The van der Waals surface area contributed by atoms with Gasteiger partial charge in [-0.3, -0.25) is 4.79 Å². The third-order valence-electron chi connectivity index (χ3n) is 4.49. The number of hydrogen-bond acceptors (Lipinski definition) is 4. The highest BCUT2D eigenvalue weighted by molar-refractivity contribution is 6.33. The quantitative estimate of drug-likeness (QED) is 0.912. The number of carbonyl (C=O) groups is 1. The van der Waals surface area contributed by atoms with Gasteiger partial charge in [0.05, 0.1) is 16.3 Å². The zero-order valence-corrected chi connectivity index (χ0v) is 15.6. The molecule has 1 N–H and O–H groups in total. The van der Waals surface area contributed by atoms with Crippen LogP contribution in [0.15, 0.2) is 30.5 Å². The van der Waals surface area contributed by atoms with Gasteiger partial charge < -0.3 is 15.1 Å². The molecule has 0 saturated carbocycles. The van der Waals surface area contributed by atoms with E-state index in [-0.39, 0.29) is 5.91 Å². The number of halogens is 1. The van der Waals surface area contributed by atoms with Crippen molar-refractivity contribution in [3.63, 3.8) is 0 Å². The second-order valence-electron chi connectivity index (χ2n) is 6.59. The summed E-state index contributed by atoms with van der Waals surface area (Å²) < 4.78 is 0. The summed E-state index contributed by atoms with van der Waals surface area (Å²) in [6, 6.07) is 7.62. The van der Waals surface area contributed by atoms with Crippen LogP contribution in [0.25, 0.3) is 0 Å². The second kappa shape index (κ2) is 7.42. The van der Waals surface area contributed by atoms with Crippen LogP contribution in [-0.2, 0) is 0 Å². The van der Waals surface area contributed by atoms with Crippen LogP contribution in [0.4, 0.5) is 11.5 Å². The number of likely N-dealkylation sites (N-methyl/N-ethyl adjacent to an activating group) is 1. The maximum absolute atomic E-state index is 12.5. The second-order valence-corrected chi connectivity index (χ2v) is 7.00. The van der Waals surface area contributed by atoms with Gasteiger partial charge in [-0.05, 0) is 50.2 Å². The zero-order chi connectivity index (χ0) is 18.0. The average Bonchev–Trinajstić information content (AvgIpc) is 2.59. The molecule has 0 atom stereocenters. The molecule has 0 aliphatic carbocycles. The normalized spacial score (nSPS) is 15.3. The number of carbonyl (C=O) groups excluding carboxylic acids is 1. The molecule has 25 heavy (non-hydrogen) atoms. The van der Waals surface area contributed by atoms with E-state index in [9.17, 15) is 4.79 Å². The number of benzene rings is 1. The molecule has 132 valence electrons. The Hall–Kier alpha value is -2.11. The van der Waals surface area contributed by atoms with Gasteiger partial charge in [-0.2, -0.15) is 0 Å². The highest BCUT2D eigenvalue weighted by Gasteiger charge is 2.20. The minimum Gasteiger partial charge on any atom is -0.339 e. The largest absolute Gasteiger partial charge is 0.339 e. The molecule has 1 aromatic carbocycles. The third kappa shape index (κ3) is 4.11. The van der Waals surface area contributed by atoms with E-state index < -0.39 is 0 Å². The summed E-state index contributed by atoms with van der Waals surface area (Å²) in [5.41, 5.74) is 3.64. The first-order chi connectivity index (χ1) is 11.9. The Kier molecular flexibility index (Phi) is 5.25. The first-order valence-electron chi connectivity index (χ1n) is 8.41. The van der Waals surface area contributed by atoms with Gasteiger partial charge in [-0.15, -0.1) is 0 Å². The summed E-state index contributed by atoms with van der Waals surface area (Å²) >= 11 is 6.32. The van der Waals surface area contributed by atoms with Gasteiger partial charge in [-0.25, -0.2) is 4.98 Å². The molecule has 0 radical (unpaired) electrons. The Labute approximate surface area is 153 Å². The number of aromatic nitrogens is 1. The summed E-state index contributed by atoms with van der Waals surface area (Å²) in [5, 5.41) is 3.91. The predicted molar refractivity (Wildman–Crippen MR) is 102 cm³/mol. The van der Waals surface area contributed by atoms with Crippen LogP contribution in [0, 0.1) is 13.8 Å². The van der Waals surface area contributed by atoms with Crippen LogP contribution >= 0.6 is 11.6 Å². The maximum atomic E-state index is 12.5. The van der Waals surface area contributed by atoms with E-state index in [4.69, 9.17) is 11.6 Å². The number of aryl methyl sites for hydroxylation is 2. The van der Waals surface area contributed by atoms with Crippen LogP contribution in [0.3, 0.4) is 0 Å². The molecule has 1 amide bonds. The Morgan fingerprint density at radius 3 is 2.48 bits per heavy atom. The minimum absolute atomic E-state index is 0.0386. The molecule has 1 aliphatic heterocycles. The molecule has 3 rings (SSSR count). The summed E-state index contributed by atoms with van der Waals surface area (Å²) in [6.45, 7) is 7.35. The SMILES string of the molecule is Cc1cc(C)c(Nc2ccc(C(=O)N3CCN(C)CC3)cn2)c(Cl)c1. The number of nitrogens with one attached hydrogen (secondary N) is 1. The monoisotopic (exact) mass is 358 g/mol. The van der Waals surface area contributed by atoms with Crippen molar-refractivity contribution < 1.29 is 4.79 Å². The molecular weight excluding hydrogens is 336 g/mol. The van der Waals surface area contributed by atoms with E-state index in [0.717, 1.165) is 43.0 Å². The first kappa shape index (κ1) is 17.7. The molecule has 1 saturated heterocycles. The Balaban J connectivity index is 1.71. The number of amides is 1. The van der Waals surface area contributed by atoms with Crippen LogP contribution in [0.5, 0.6) is 0 Å². The fourth-order valence-electron chi connectivity index (χ4n) is 2.99. The number of anilines is 2. The van der Waals surface area contributed by atoms with Gasteiger partial charge >= 0.3 is 0 Å². The van der Waals surface area contributed by atoms with Crippen molar-refractivity contribution in [3.05, 3.63) is 52.2 Å². The van der Waals surface area contributed by atoms with Crippen molar-refractivity contribution in [1.82, 2.24) is 14.8 Å². The molecule has 1 aliphatic rings. The molecule has 0 spiro atoms. The van der Waals surface area contributed by atoms with Crippen LogP contribution in [0.2, 0.25) is 5.02 Å². The molecule has 1 aromatic heterocycles. The molecule has 5 nitrogen and oxygen atoms in total. The summed E-state index contributed by atoms with van der Waals surface area (Å²) in [7, 11) is 2.07. The lowest BCUT2D eigenvalue weighted by Crippen LogP contribution is -2.47. The Morgan fingerprint density at radius 1 is 1.16 bits per heavy atom. The van der Waals surface area contributed by atoms with E-state index in [1.807, 2.05) is 36.9 Å². The van der Waals surface area contributed by atoms with E-state index in [2.05, 4.69) is 28.3 Å². The van der Waals surface area contributed by atoms with Crippen LogP contribution in [0.1, 0.15) is 21.5 Å². The van der Waals surface area contributed by atoms with E-state index >= 15 is 0 Å². The van der Waals surface area contributed by atoms with Gasteiger partial charge in [0.15, 0.2) is 0 Å². The van der Waals surface area contributed by atoms with Crippen molar-refractivity contribution in [2.24, 2.45) is 0 Å². The van der Waals surface area contributed by atoms with E-state index in [1.165, 1.54) is 0 Å². The van der Waals surface area contributed by atoms with Crippen molar-refractivity contribution in [3.8, 4) is 0 Å². The van der Waals surface area contributed by atoms with Gasteiger partial charge in [0.25, 0.3) is 5.91 Å². The van der Waals surface area contributed by atoms with Crippen molar-refractivity contribution >= 4 is 29.0 Å². The third-order valence-corrected chi connectivity index (χ3v) is 4.78. The summed E-state index contributed by atoms with van der Waals surface area (Å²) in [6.07, 6.45) is 1.63. The van der Waals surface area contributed by atoms with Crippen LogP contribution in [-0.4, -0.2) is 53.9 Å². The minimum atomic E-state index is 0.0386. The molecule has 2 aromatic rings. The standard InChI is InChI=1S/C19H23ClN4O/c1-13-10-14(2)18(16(20)11-13)22-17-5-4-15(12-21-17)19(25)24-8-6-23(3)7-9-24/h4-5,10-12H,6-9H2,1-3H3,(H,21,22). The Morgan fingerprint density at radius 2 is 1.88 bits per heavy atom. The molecular formula is C19H23ClN4O. The Bertz CT molecular complexity index is 744. The fourth-order valence-corrected chi connectivity index (χ4v) is 3.36. The van der Waals surface area contributed by atoms with Crippen LogP contribution < -0.4 is 5.32 Å². The molecule has 0 bridgehead atoms. The lowest BCUT2D eigenvalue weighted by atomic mass is 10.1.